The van der Waals surface area contributed by atoms with Crippen molar-refractivity contribution in [3.8, 4) is 11.5 Å². The van der Waals surface area contributed by atoms with Gasteiger partial charge in [-0.05, 0) is 23.8 Å². The third-order valence-electron chi connectivity index (χ3n) is 3.08. The molecule has 0 aliphatic heterocycles. The Hall–Kier alpha value is -2.33. The Kier molecular flexibility index (Phi) is 4.38. The van der Waals surface area contributed by atoms with Crippen molar-refractivity contribution in [3.63, 3.8) is 0 Å². The number of phenolic OH excluding ortho intramolecular Hbond substituents is 1. The van der Waals surface area contributed by atoms with E-state index < -0.39 is 12.0 Å². The Morgan fingerprint density at radius 3 is 2.75 bits per heavy atom. The summed E-state index contributed by atoms with van der Waals surface area (Å²) >= 11 is 0. The Bertz CT molecular complexity index is 584. The van der Waals surface area contributed by atoms with Crippen molar-refractivity contribution < 1.29 is 19.7 Å². The molecule has 1 aliphatic rings. The van der Waals surface area contributed by atoms with Gasteiger partial charge in [-0.15, -0.1) is 0 Å². The smallest absolute Gasteiger partial charge is 0.165 e. The fourth-order valence-corrected chi connectivity index (χ4v) is 1.95. The van der Waals surface area contributed by atoms with Gasteiger partial charge in [0.2, 0.25) is 0 Å². The topological polar surface area (TPSA) is 66.8 Å². The van der Waals surface area contributed by atoms with Gasteiger partial charge >= 0.3 is 0 Å². The summed E-state index contributed by atoms with van der Waals surface area (Å²) in [5.41, 5.74) is 0.734. The summed E-state index contributed by atoms with van der Waals surface area (Å²) in [6.45, 7) is 0. The minimum absolute atomic E-state index is 0.0479. The lowest BCUT2D eigenvalue weighted by molar-refractivity contribution is -0.118. The quantitative estimate of drug-likeness (QED) is 0.824. The standard InChI is InChI=1S/C16H16O4/c1-20-16-10-11(7-9-15(16)19)6-8-14(18)12-4-2-3-5-13(12)17/h2-10,12-13,17,19H,1H3. The molecule has 0 saturated carbocycles. The van der Waals surface area contributed by atoms with Crippen LogP contribution in [0.3, 0.4) is 0 Å². The van der Waals surface area contributed by atoms with E-state index >= 15 is 0 Å². The van der Waals surface area contributed by atoms with E-state index in [1.54, 1.807) is 42.5 Å². The number of phenols is 1. The highest BCUT2D eigenvalue weighted by atomic mass is 16.5. The lowest BCUT2D eigenvalue weighted by atomic mass is 9.93. The zero-order valence-corrected chi connectivity index (χ0v) is 11.1. The summed E-state index contributed by atoms with van der Waals surface area (Å²) in [7, 11) is 1.46. The number of carbonyl (C=O) groups is 1. The maximum absolute atomic E-state index is 12.0. The van der Waals surface area contributed by atoms with E-state index in [0.717, 1.165) is 5.56 Å². The van der Waals surface area contributed by atoms with Crippen molar-refractivity contribution in [1.82, 2.24) is 0 Å². The third-order valence-corrected chi connectivity index (χ3v) is 3.08. The molecule has 0 heterocycles. The normalized spacial score (nSPS) is 21.3. The maximum atomic E-state index is 12.0. The second kappa shape index (κ2) is 6.21. The van der Waals surface area contributed by atoms with Gasteiger partial charge in [-0.1, -0.05) is 36.4 Å². The fraction of sp³-hybridized carbons (Fsp3) is 0.188. The predicted octanol–water partition coefficient (Wildman–Crippen LogP) is 2.09. The van der Waals surface area contributed by atoms with E-state index in [4.69, 9.17) is 4.74 Å². The van der Waals surface area contributed by atoms with Crippen molar-refractivity contribution in [2.24, 2.45) is 5.92 Å². The number of hydrogen-bond acceptors (Lipinski definition) is 4. The molecular weight excluding hydrogens is 256 g/mol. The van der Waals surface area contributed by atoms with E-state index in [-0.39, 0.29) is 11.5 Å². The van der Waals surface area contributed by atoms with Gasteiger partial charge in [0.05, 0.1) is 19.1 Å². The average Bonchev–Trinajstić information content (AvgIpc) is 2.46. The molecule has 1 aromatic rings. The van der Waals surface area contributed by atoms with Gasteiger partial charge in [-0.2, -0.15) is 0 Å². The van der Waals surface area contributed by atoms with Gasteiger partial charge in [0.25, 0.3) is 0 Å². The summed E-state index contributed by atoms with van der Waals surface area (Å²) in [5.74, 6) is -0.327. The minimum Gasteiger partial charge on any atom is -0.504 e. The molecule has 1 aliphatic carbocycles. The van der Waals surface area contributed by atoms with Gasteiger partial charge in [0.15, 0.2) is 17.3 Å². The summed E-state index contributed by atoms with van der Waals surface area (Å²) in [6, 6.07) is 4.81. The Morgan fingerprint density at radius 1 is 1.30 bits per heavy atom. The van der Waals surface area contributed by atoms with Gasteiger partial charge in [-0.25, -0.2) is 0 Å². The summed E-state index contributed by atoms with van der Waals surface area (Å²) in [6.07, 6.45) is 8.98. The van der Waals surface area contributed by atoms with Crippen LogP contribution in [0, 0.1) is 5.92 Å². The van der Waals surface area contributed by atoms with E-state index in [9.17, 15) is 15.0 Å². The van der Waals surface area contributed by atoms with Crippen LogP contribution in [0.15, 0.2) is 48.6 Å². The summed E-state index contributed by atoms with van der Waals surface area (Å²) in [5, 5.41) is 19.2. The fourth-order valence-electron chi connectivity index (χ4n) is 1.95. The van der Waals surface area contributed by atoms with Crippen LogP contribution >= 0.6 is 0 Å². The lowest BCUT2D eigenvalue weighted by Crippen LogP contribution is -2.24. The number of hydrogen-bond donors (Lipinski definition) is 2. The zero-order chi connectivity index (χ0) is 14.5. The largest absolute Gasteiger partial charge is 0.504 e. The molecule has 2 N–H and O–H groups in total. The van der Waals surface area contributed by atoms with Gasteiger partial charge < -0.3 is 14.9 Å². The van der Waals surface area contributed by atoms with Crippen LogP contribution in [0.4, 0.5) is 0 Å². The van der Waals surface area contributed by atoms with Gasteiger partial charge in [0, 0.05) is 0 Å². The van der Waals surface area contributed by atoms with Crippen molar-refractivity contribution >= 4 is 11.9 Å². The number of benzene rings is 1. The van der Waals surface area contributed by atoms with Crippen LogP contribution in [0.25, 0.3) is 6.08 Å². The number of rotatable bonds is 4. The van der Waals surface area contributed by atoms with Crippen LogP contribution < -0.4 is 4.74 Å². The average molecular weight is 272 g/mol. The first-order chi connectivity index (χ1) is 9.61. The molecule has 0 amide bonds. The molecule has 20 heavy (non-hydrogen) atoms. The molecule has 4 nitrogen and oxygen atoms in total. The SMILES string of the molecule is COc1cc(C=CC(=O)C2C=CC=CC2O)ccc1O. The highest BCUT2D eigenvalue weighted by Gasteiger charge is 2.21. The Morgan fingerprint density at radius 2 is 2.05 bits per heavy atom. The van der Waals surface area contributed by atoms with E-state index in [2.05, 4.69) is 0 Å². The number of ketones is 1. The van der Waals surface area contributed by atoms with Crippen molar-refractivity contribution in [2.75, 3.05) is 7.11 Å². The second-order valence-electron chi connectivity index (χ2n) is 4.45. The highest BCUT2D eigenvalue weighted by Crippen LogP contribution is 2.26. The first kappa shape index (κ1) is 14.1. The highest BCUT2D eigenvalue weighted by molar-refractivity contribution is 5.97. The van der Waals surface area contributed by atoms with E-state index in [0.29, 0.717) is 5.75 Å². The molecule has 4 heteroatoms. The number of ether oxygens (including phenoxy) is 1. The molecule has 2 unspecified atom stereocenters. The van der Waals surface area contributed by atoms with Crippen LogP contribution in [-0.4, -0.2) is 29.2 Å². The molecule has 2 atom stereocenters. The van der Waals surface area contributed by atoms with Crippen LogP contribution in [0.2, 0.25) is 0 Å². The molecular formula is C16H16O4. The minimum atomic E-state index is -0.786. The third kappa shape index (κ3) is 3.16. The number of allylic oxidation sites excluding steroid dienone is 3. The lowest BCUT2D eigenvalue weighted by Gasteiger charge is -2.16. The molecule has 1 aromatic carbocycles. The van der Waals surface area contributed by atoms with E-state index in [1.165, 1.54) is 19.3 Å². The number of aliphatic hydroxyl groups excluding tert-OH is 1. The monoisotopic (exact) mass is 272 g/mol. The number of aromatic hydroxyl groups is 1. The number of aliphatic hydroxyl groups is 1. The summed E-state index contributed by atoms with van der Waals surface area (Å²) < 4.78 is 5.00. The van der Waals surface area contributed by atoms with Crippen molar-refractivity contribution in [3.05, 3.63) is 54.1 Å². The van der Waals surface area contributed by atoms with Gasteiger partial charge in [0.1, 0.15) is 0 Å². The predicted molar refractivity (Wildman–Crippen MR) is 76.5 cm³/mol. The Labute approximate surface area is 117 Å². The molecule has 0 fully saturated rings. The van der Waals surface area contributed by atoms with Crippen LogP contribution in [0.5, 0.6) is 11.5 Å². The van der Waals surface area contributed by atoms with Crippen LogP contribution in [-0.2, 0) is 4.79 Å². The first-order valence-electron chi connectivity index (χ1n) is 6.24. The molecule has 0 aromatic heterocycles. The zero-order valence-electron chi connectivity index (χ0n) is 11.1. The molecule has 2 rings (SSSR count). The number of methoxy groups -OCH3 is 1. The van der Waals surface area contributed by atoms with Crippen molar-refractivity contribution in [1.29, 1.82) is 0 Å². The van der Waals surface area contributed by atoms with Crippen molar-refractivity contribution in [2.45, 2.75) is 6.10 Å². The molecule has 0 radical (unpaired) electrons. The summed E-state index contributed by atoms with van der Waals surface area (Å²) in [4.78, 5) is 12.0. The second-order valence-corrected chi connectivity index (χ2v) is 4.45. The van der Waals surface area contributed by atoms with Crippen LogP contribution in [0.1, 0.15) is 5.56 Å². The molecule has 0 bridgehead atoms. The molecule has 104 valence electrons. The first-order valence-corrected chi connectivity index (χ1v) is 6.24. The number of carbonyl (C=O) groups excluding carboxylic acids is 1. The maximum Gasteiger partial charge on any atom is 0.165 e. The molecule has 0 spiro atoms. The Balaban J connectivity index is 2.11. The molecule has 0 saturated heterocycles. The van der Waals surface area contributed by atoms with Gasteiger partial charge in [-0.3, -0.25) is 4.79 Å². The van der Waals surface area contributed by atoms with E-state index in [1.807, 2.05) is 0 Å².